The first-order chi connectivity index (χ1) is 11.5. The quantitative estimate of drug-likeness (QED) is 0.552. The normalized spacial score (nSPS) is 13.0. The van der Waals surface area contributed by atoms with Crippen LogP contribution in [0.4, 0.5) is 5.69 Å². The van der Waals surface area contributed by atoms with Crippen LogP contribution in [0.15, 0.2) is 66.7 Å². The summed E-state index contributed by atoms with van der Waals surface area (Å²) in [5, 5.41) is 6.23. The SMILES string of the molecule is CC[C@H](C)c1ccc(C(C)(C)Nc2ccc3ccccc3c2)cc1. The highest BCUT2D eigenvalue weighted by Gasteiger charge is 2.20. The predicted octanol–water partition coefficient (Wildman–Crippen LogP) is 6.70. The van der Waals surface area contributed by atoms with Crippen LogP contribution in [0.3, 0.4) is 0 Å². The Morgan fingerprint density at radius 3 is 2.21 bits per heavy atom. The van der Waals surface area contributed by atoms with Crippen LogP contribution < -0.4 is 5.32 Å². The molecule has 3 rings (SSSR count). The van der Waals surface area contributed by atoms with Gasteiger partial charge in [-0.25, -0.2) is 0 Å². The van der Waals surface area contributed by atoms with Crippen molar-refractivity contribution in [3.63, 3.8) is 0 Å². The topological polar surface area (TPSA) is 12.0 Å². The lowest BCUT2D eigenvalue weighted by molar-refractivity contribution is 0.608. The second kappa shape index (κ2) is 6.68. The summed E-state index contributed by atoms with van der Waals surface area (Å²) in [6.45, 7) is 9.00. The molecule has 0 bridgehead atoms. The average Bonchev–Trinajstić information content (AvgIpc) is 2.60. The van der Waals surface area contributed by atoms with E-state index < -0.39 is 0 Å². The van der Waals surface area contributed by atoms with E-state index in [1.807, 2.05) is 0 Å². The van der Waals surface area contributed by atoms with Crippen LogP contribution >= 0.6 is 0 Å². The van der Waals surface area contributed by atoms with Gasteiger partial charge >= 0.3 is 0 Å². The highest BCUT2D eigenvalue weighted by atomic mass is 15.0. The van der Waals surface area contributed by atoms with E-state index in [1.54, 1.807) is 0 Å². The van der Waals surface area contributed by atoms with Crippen molar-refractivity contribution in [3.05, 3.63) is 77.9 Å². The maximum absolute atomic E-state index is 3.69. The molecule has 3 aromatic rings. The lowest BCUT2D eigenvalue weighted by Crippen LogP contribution is -2.27. The van der Waals surface area contributed by atoms with Gasteiger partial charge in [0.2, 0.25) is 0 Å². The van der Waals surface area contributed by atoms with Gasteiger partial charge in [-0.3, -0.25) is 0 Å². The molecule has 1 heteroatoms. The Labute approximate surface area is 145 Å². The van der Waals surface area contributed by atoms with E-state index in [0.717, 1.165) is 5.69 Å². The summed E-state index contributed by atoms with van der Waals surface area (Å²) < 4.78 is 0. The van der Waals surface area contributed by atoms with Crippen molar-refractivity contribution in [2.75, 3.05) is 5.32 Å². The molecule has 0 aliphatic heterocycles. The lowest BCUT2D eigenvalue weighted by Gasteiger charge is -2.29. The molecule has 0 fully saturated rings. The molecule has 0 unspecified atom stereocenters. The molecule has 0 aliphatic carbocycles. The van der Waals surface area contributed by atoms with Gasteiger partial charge in [-0.2, -0.15) is 0 Å². The van der Waals surface area contributed by atoms with E-state index >= 15 is 0 Å². The molecule has 0 radical (unpaired) electrons. The second-order valence-electron chi connectivity index (χ2n) is 7.24. The van der Waals surface area contributed by atoms with Gasteiger partial charge in [-0.1, -0.05) is 68.4 Å². The van der Waals surface area contributed by atoms with Crippen LogP contribution in [0.5, 0.6) is 0 Å². The zero-order valence-electron chi connectivity index (χ0n) is 15.1. The summed E-state index contributed by atoms with van der Waals surface area (Å²) in [6.07, 6.45) is 1.18. The molecule has 0 aromatic heterocycles. The first-order valence-corrected chi connectivity index (χ1v) is 8.87. The largest absolute Gasteiger partial charge is 0.376 e. The fourth-order valence-corrected chi connectivity index (χ4v) is 3.16. The minimum atomic E-state index is -0.115. The third-order valence-electron chi connectivity index (χ3n) is 5.02. The van der Waals surface area contributed by atoms with Gasteiger partial charge in [0, 0.05) is 5.69 Å². The van der Waals surface area contributed by atoms with Crippen molar-refractivity contribution in [2.45, 2.75) is 45.6 Å². The predicted molar refractivity (Wildman–Crippen MR) is 106 cm³/mol. The minimum absolute atomic E-state index is 0.115. The van der Waals surface area contributed by atoms with Crippen LogP contribution in [0, 0.1) is 0 Å². The molecule has 0 heterocycles. The third kappa shape index (κ3) is 3.46. The maximum Gasteiger partial charge on any atom is 0.0569 e. The Morgan fingerprint density at radius 1 is 0.875 bits per heavy atom. The van der Waals surface area contributed by atoms with Gasteiger partial charge in [0.05, 0.1) is 5.54 Å². The van der Waals surface area contributed by atoms with Crippen molar-refractivity contribution >= 4 is 16.5 Å². The van der Waals surface area contributed by atoms with Crippen molar-refractivity contribution in [2.24, 2.45) is 0 Å². The Bertz CT molecular complexity index is 815. The Hall–Kier alpha value is -2.28. The average molecular weight is 317 g/mol. The van der Waals surface area contributed by atoms with Crippen molar-refractivity contribution < 1.29 is 0 Å². The number of hydrogen-bond acceptors (Lipinski definition) is 1. The zero-order chi connectivity index (χ0) is 17.2. The first kappa shape index (κ1) is 16.6. The standard InChI is InChI=1S/C23H27N/c1-5-17(2)18-10-13-21(14-11-18)23(3,4)24-22-15-12-19-8-6-7-9-20(19)16-22/h6-17,24H,5H2,1-4H3/t17-/m0/s1. The molecule has 0 saturated carbocycles. The second-order valence-corrected chi connectivity index (χ2v) is 7.24. The van der Waals surface area contributed by atoms with Gasteiger partial charge in [0.1, 0.15) is 0 Å². The summed E-state index contributed by atoms with van der Waals surface area (Å²) in [5.41, 5.74) is 3.77. The van der Waals surface area contributed by atoms with Crippen LogP contribution in [-0.4, -0.2) is 0 Å². The van der Waals surface area contributed by atoms with E-state index in [9.17, 15) is 0 Å². The minimum Gasteiger partial charge on any atom is -0.376 e. The summed E-state index contributed by atoms with van der Waals surface area (Å²) in [7, 11) is 0. The third-order valence-corrected chi connectivity index (χ3v) is 5.02. The number of fused-ring (bicyclic) bond motifs is 1. The molecule has 124 valence electrons. The summed E-state index contributed by atoms with van der Waals surface area (Å²) in [5.74, 6) is 0.621. The number of anilines is 1. The zero-order valence-corrected chi connectivity index (χ0v) is 15.1. The lowest BCUT2D eigenvalue weighted by atomic mass is 9.90. The van der Waals surface area contributed by atoms with E-state index in [2.05, 4.69) is 99.7 Å². The Morgan fingerprint density at radius 2 is 1.54 bits per heavy atom. The van der Waals surface area contributed by atoms with Crippen molar-refractivity contribution in [1.29, 1.82) is 0 Å². The Kier molecular flexibility index (Phi) is 4.62. The van der Waals surface area contributed by atoms with Gasteiger partial charge in [0.25, 0.3) is 0 Å². The smallest absolute Gasteiger partial charge is 0.0569 e. The van der Waals surface area contributed by atoms with E-state index in [0.29, 0.717) is 5.92 Å². The molecule has 1 nitrogen and oxygen atoms in total. The van der Waals surface area contributed by atoms with Gasteiger partial charge < -0.3 is 5.32 Å². The maximum atomic E-state index is 3.69. The van der Waals surface area contributed by atoms with Crippen molar-refractivity contribution in [1.82, 2.24) is 0 Å². The molecule has 24 heavy (non-hydrogen) atoms. The molecule has 1 atom stereocenters. The van der Waals surface area contributed by atoms with Crippen molar-refractivity contribution in [3.8, 4) is 0 Å². The summed E-state index contributed by atoms with van der Waals surface area (Å²) >= 11 is 0. The van der Waals surface area contributed by atoms with Gasteiger partial charge in [-0.05, 0) is 60.2 Å². The molecule has 0 saturated heterocycles. The summed E-state index contributed by atoms with van der Waals surface area (Å²) in [4.78, 5) is 0. The molecule has 0 spiro atoms. The van der Waals surface area contributed by atoms with E-state index in [1.165, 1.54) is 28.3 Å². The fourth-order valence-electron chi connectivity index (χ4n) is 3.16. The van der Waals surface area contributed by atoms with Crippen LogP contribution in [0.2, 0.25) is 0 Å². The van der Waals surface area contributed by atoms with Crippen LogP contribution in [0.1, 0.15) is 51.2 Å². The van der Waals surface area contributed by atoms with Gasteiger partial charge in [0.15, 0.2) is 0 Å². The number of rotatable bonds is 5. The molecular formula is C23H27N. The highest BCUT2D eigenvalue weighted by Crippen LogP contribution is 2.29. The number of benzene rings is 3. The molecule has 0 aliphatic rings. The Balaban J connectivity index is 1.83. The monoisotopic (exact) mass is 317 g/mol. The first-order valence-electron chi connectivity index (χ1n) is 8.87. The van der Waals surface area contributed by atoms with E-state index in [4.69, 9.17) is 0 Å². The number of hydrogen-bond donors (Lipinski definition) is 1. The molecule has 3 aromatic carbocycles. The van der Waals surface area contributed by atoms with Gasteiger partial charge in [-0.15, -0.1) is 0 Å². The number of nitrogens with one attached hydrogen (secondary N) is 1. The fraction of sp³-hybridized carbons (Fsp3) is 0.304. The molecule has 1 N–H and O–H groups in total. The summed E-state index contributed by atoms with van der Waals surface area (Å²) in [6, 6.07) is 24.1. The highest BCUT2D eigenvalue weighted by molar-refractivity contribution is 5.85. The van der Waals surface area contributed by atoms with Crippen LogP contribution in [0.25, 0.3) is 10.8 Å². The van der Waals surface area contributed by atoms with E-state index in [-0.39, 0.29) is 5.54 Å². The molecular weight excluding hydrogens is 290 g/mol. The van der Waals surface area contributed by atoms with Crippen LogP contribution in [-0.2, 0) is 5.54 Å². The molecule has 0 amide bonds.